The number of nitrogens with one attached hydrogen (secondary N) is 1. The van der Waals surface area contributed by atoms with Crippen LogP contribution in [-0.2, 0) is 0 Å². The summed E-state index contributed by atoms with van der Waals surface area (Å²) in [6, 6.07) is 5.48. The number of rotatable bonds is 4. The summed E-state index contributed by atoms with van der Waals surface area (Å²) in [5, 5.41) is 0. The quantitative estimate of drug-likeness (QED) is 0.942. The molecular formula is C17H21N3O2. The summed E-state index contributed by atoms with van der Waals surface area (Å²) in [7, 11) is 0. The molecule has 3 rings (SSSR count). The molecule has 0 amide bonds. The molecule has 5 nitrogen and oxygen atoms in total. The van der Waals surface area contributed by atoms with Crippen molar-refractivity contribution in [3.8, 4) is 0 Å². The summed E-state index contributed by atoms with van der Waals surface area (Å²) in [6.45, 7) is 5.07. The third kappa shape index (κ3) is 3.74. The van der Waals surface area contributed by atoms with Crippen molar-refractivity contribution in [2.24, 2.45) is 0 Å². The van der Waals surface area contributed by atoms with E-state index in [-0.39, 0.29) is 5.56 Å². The van der Waals surface area contributed by atoms with Crippen LogP contribution in [0.4, 0.5) is 0 Å². The first-order chi connectivity index (χ1) is 10.7. The Kier molecular flexibility index (Phi) is 4.53. The molecule has 0 spiro atoms. The first kappa shape index (κ1) is 14.8. The normalized spacial score (nSPS) is 20.2. The van der Waals surface area contributed by atoms with Crippen molar-refractivity contribution in [2.75, 3.05) is 19.6 Å². The first-order valence-electron chi connectivity index (χ1n) is 7.68. The van der Waals surface area contributed by atoms with E-state index in [1.165, 1.54) is 11.9 Å². The van der Waals surface area contributed by atoms with Gasteiger partial charge in [0.15, 0.2) is 0 Å². The number of furan rings is 1. The number of hydrogen-bond acceptors (Lipinski definition) is 4. The van der Waals surface area contributed by atoms with E-state index in [9.17, 15) is 4.79 Å². The van der Waals surface area contributed by atoms with Gasteiger partial charge in [-0.15, -0.1) is 0 Å². The number of nitrogens with zero attached hydrogens (tertiary/aromatic N) is 2. The highest BCUT2D eigenvalue weighted by Gasteiger charge is 2.22. The molecule has 0 aromatic carbocycles. The van der Waals surface area contributed by atoms with Gasteiger partial charge in [0.2, 0.25) is 0 Å². The van der Waals surface area contributed by atoms with E-state index in [1.807, 2.05) is 12.1 Å². The second kappa shape index (κ2) is 6.75. The largest absolute Gasteiger partial charge is 0.465 e. The molecule has 3 heterocycles. The predicted molar refractivity (Wildman–Crippen MR) is 85.6 cm³/mol. The van der Waals surface area contributed by atoms with Gasteiger partial charge < -0.3 is 9.40 Å². The summed E-state index contributed by atoms with van der Waals surface area (Å²) in [4.78, 5) is 20.8. The van der Waals surface area contributed by atoms with Gasteiger partial charge in [0.05, 0.1) is 18.3 Å². The molecule has 0 radical (unpaired) electrons. The Labute approximate surface area is 129 Å². The Bertz CT molecular complexity index is 688. The average molecular weight is 299 g/mol. The van der Waals surface area contributed by atoms with Crippen LogP contribution in [0.15, 0.2) is 45.6 Å². The molecule has 1 aliphatic rings. The van der Waals surface area contributed by atoms with Gasteiger partial charge in [-0.2, -0.15) is 0 Å². The smallest absolute Gasteiger partial charge is 0.250 e. The number of aromatic amines is 1. The molecule has 0 unspecified atom stereocenters. The molecule has 0 bridgehead atoms. The highest BCUT2D eigenvalue weighted by molar-refractivity contribution is 5.46. The standard InChI is InChI=1S/C17H21N3O2/c1-13(8-15-5-3-7-22-15)10-20-6-2-4-14(11-20)16-9-17(21)19-12-18-16/h3,5,7-9,12,14H,2,4,6,10-11H2,1H3,(H,18,19,21)/b13-8+/t14-/m1/s1. The van der Waals surface area contributed by atoms with Gasteiger partial charge in [0.25, 0.3) is 5.56 Å². The molecule has 1 saturated heterocycles. The fourth-order valence-electron chi connectivity index (χ4n) is 3.06. The van der Waals surface area contributed by atoms with Crippen LogP contribution in [0.25, 0.3) is 6.08 Å². The molecule has 0 saturated carbocycles. The van der Waals surface area contributed by atoms with Crippen LogP contribution in [0.2, 0.25) is 0 Å². The molecule has 1 fully saturated rings. The minimum Gasteiger partial charge on any atom is -0.465 e. The molecule has 2 aromatic heterocycles. The van der Waals surface area contributed by atoms with Gasteiger partial charge in [-0.25, -0.2) is 4.98 Å². The number of piperidine rings is 1. The highest BCUT2D eigenvalue weighted by atomic mass is 16.3. The Morgan fingerprint density at radius 3 is 3.27 bits per heavy atom. The van der Waals surface area contributed by atoms with Crippen LogP contribution in [0, 0.1) is 0 Å². The SMILES string of the molecule is C/C(=C\c1ccco1)CN1CCC[C@@H](c2cc(=O)[nH]cn2)C1. The Morgan fingerprint density at radius 2 is 2.50 bits per heavy atom. The fourth-order valence-corrected chi connectivity index (χ4v) is 3.06. The van der Waals surface area contributed by atoms with Crippen LogP contribution in [-0.4, -0.2) is 34.5 Å². The number of hydrogen-bond donors (Lipinski definition) is 1. The number of aromatic nitrogens is 2. The van der Waals surface area contributed by atoms with Crippen molar-refractivity contribution in [1.82, 2.24) is 14.9 Å². The first-order valence-corrected chi connectivity index (χ1v) is 7.68. The minimum absolute atomic E-state index is 0.0731. The van der Waals surface area contributed by atoms with Crippen LogP contribution in [0.5, 0.6) is 0 Å². The van der Waals surface area contributed by atoms with Gasteiger partial charge in [0.1, 0.15) is 5.76 Å². The number of likely N-dealkylation sites (tertiary alicyclic amines) is 1. The van der Waals surface area contributed by atoms with Crippen molar-refractivity contribution in [3.63, 3.8) is 0 Å². The lowest BCUT2D eigenvalue weighted by atomic mass is 9.94. The van der Waals surface area contributed by atoms with Gasteiger partial charge in [-0.1, -0.05) is 5.57 Å². The third-order valence-electron chi connectivity index (χ3n) is 4.03. The zero-order valence-electron chi connectivity index (χ0n) is 12.8. The minimum atomic E-state index is -0.0731. The van der Waals surface area contributed by atoms with Crippen LogP contribution < -0.4 is 5.56 Å². The maximum Gasteiger partial charge on any atom is 0.250 e. The molecule has 116 valence electrons. The molecule has 2 aromatic rings. The molecular weight excluding hydrogens is 278 g/mol. The molecule has 0 aliphatic carbocycles. The van der Waals surface area contributed by atoms with Crippen molar-refractivity contribution < 1.29 is 4.42 Å². The summed E-state index contributed by atoms with van der Waals surface area (Å²) in [5.41, 5.74) is 2.10. The maximum absolute atomic E-state index is 11.4. The van der Waals surface area contributed by atoms with Gasteiger partial charge in [-0.05, 0) is 44.5 Å². The molecule has 22 heavy (non-hydrogen) atoms. The molecule has 1 atom stereocenters. The lowest BCUT2D eigenvalue weighted by molar-refractivity contribution is 0.222. The Balaban J connectivity index is 1.64. The van der Waals surface area contributed by atoms with E-state index in [0.29, 0.717) is 5.92 Å². The molecule has 1 aliphatic heterocycles. The van der Waals surface area contributed by atoms with Crippen LogP contribution in [0.3, 0.4) is 0 Å². The Hall–Kier alpha value is -2.14. The Morgan fingerprint density at radius 1 is 1.59 bits per heavy atom. The van der Waals surface area contributed by atoms with Crippen molar-refractivity contribution in [2.45, 2.75) is 25.7 Å². The van der Waals surface area contributed by atoms with E-state index < -0.39 is 0 Å². The zero-order valence-corrected chi connectivity index (χ0v) is 12.8. The predicted octanol–water partition coefficient (Wildman–Crippen LogP) is 2.65. The van der Waals surface area contributed by atoms with Crippen molar-refractivity contribution >= 4 is 6.08 Å². The van der Waals surface area contributed by atoms with Gasteiger partial charge >= 0.3 is 0 Å². The van der Waals surface area contributed by atoms with E-state index in [4.69, 9.17) is 4.42 Å². The monoisotopic (exact) mass is 299 g/mol. The highest BCUT2D eigenvalue weighted by Crippen LogP contribution is 2.25. The summed E-state index contributed by atoms with van der Waals surface area (Å²) < 4.78 is 5.35. The van der Waals surface area contributed by atoms with Crippen molar-refractivity contribution in [1.29, 1.82) is 0 Å². The maximum atomic E-state index is 11.4. The summed E-state index contributed by atoms with van der Waals surface area (Å²) in [6.07, 6.45) is 7.49. The third-order valence-corrected chi connectivity index (χ3v) is 4.03. The van der Waals surface area contributed by atoms with E-state index in [0.717, 1.165) is 43.9 Å². The lowest BCUT2D eigenvalue weighted by Gasteiger charge is -2.32. The van der Waals surface area contributed by atoms with Gasteiger partial charge in [-0.3, -0.25) is 9.69 Å². The average Bonchev–Trinajstić information content (AvgIpc) is 3.00. The van der Waals surface area contributed by atoms with E-state index >= 15 is 0 Å². The topological polar surface area (TPSA) is 62.1 Å². The summed E-state index contributed by atoms with van der Waals surface area (Å²) in [5.74, 6) is 1.23. The van der Waals surface area contributed by atoms with Gasteiger partial charge in [0, 0.05) is 25.1 Å². The second-order valence-electron chi connectivity index (χ2n) is 5.92. The number of H-pyrrole nitrogens is 1. The second-order valence-corrected chi connectivity index (χ2v) is 5.92. The molecule has 5 heteroatoms. The van der Waals surface area contributed by atoms with E-state index in [1.54, 1.807) is 12.3 Å². The zero-order chi connectivity index (χ0) is 15.4. The molecule has 1 N–H and O–H groups in total. The fraction of sp³-hybridized carbons (Fsp3) is 0.412. The van der Waals surface area contributed by atoms with E-state index in [2.05, 4.69) is 27.9 Å². The van der Waals surface area contributed by atoms with Crippen LogP contribution >= 0.6 is 0 Å². The lowest BCUT2D eigenvalue weighted by Crippen LogP contribution is -2.36. The van der Waals surface area contributed by atoms with Crippen molar-refractivity contribution in [3.05, 3.63) is 58.2 Å². The van der Waals surface area contributed by atoms with Crippen LogP contribution in [0.1, 0.15) is 37.1 Å². The summed E-state index contributed by atoms with van der Waals surface area (Å²) >= 11 is 0.